The molecular weight excluding hydrogens is 274 g/mol. The molecule has 3 nitrogen and oxygen atoms in total. The van der Waals surface area contributed by atoms with E-state index in [0.29, 0.717) is 25.5 Å². The summed E-state index contributed by atoms with van der Waals surface area (Å²) in [6, 6.07) is 6.17. The average Bonchev–Trinajstić information content (AvgIpc) is 3.08. The first-order chi connectivity index (χ1) is 10.6. The Labute approximate surface area is 133 Å². The van der Waals surface area contributed by atoms with E-state index in [-0.39, 0.29) is 5.91 Å². The maximum absolute atomic E-state index is 12.0. The Morgan fingerprint density at radius 2 is 2.14 bits per heavy atom. The Kier molecular flexibility index (Phi) is 4.70. The number of nitrogens with one attached hydrogen (secondary N) is 1. The molecule has 22 heavy (non-hydrogen) atoms. The zero-order chi connectivity index (χ0) is 15.5. The van der Waals surface area contributed by atoms with Gasteiger partial charge in [-0.05, 0) is 62.5 Å². The highest BCUT2D eigenvalue weighted by molar-refractivity contribution is 5.76. The molecule has 0 heterocycles. The molecular formula is C19H27NO2. The summed E-state index contributed by atoms with van der Waals surface area (Å²) in [6.07, 6.45) is 6.10. The number of carbonyl (C=O) groups is 1. The van der Waals surface area contributed by atoms with Gasteiger partial charge in [-0.15, -0.1) is 0 Å². The number of ether oxygens (including phenoxy) is 1. The third-order valence-corrected chi connectivity index (χ3v) is 5.34. The maximum atomic E-state index is 12.0. The van der Waals surface area contributed by atoms with Crippen molar-refractivity contribution in [1.82, 2.24) is 5.32 Å². The van der Waals surface area contributed by atoms with Gasteiger partial charge >= 0.3 is 0 Å². The lowest BCUT2D eigenvalue weighted by Crippen LogP contribution is -2.30. The Morgan fingerprint density at radius 3 is 2.82 bits per heavy atom. The largest absolute Gasteiger partial charge is 0.491 e. The molecule has 2 saturated carbocycles. The van der Waals surface area contributed by atoms with Gasteiger partial charge in [-0.1, -0.05) is 24.1 Å². The predicted molar refractivity (Wildman–Crippen MR) is 88.0 cm³/mol. The predicted octanol–water partition coefficient (Wildman–Crippen LogP) is 3.62. The normalized spacial score (nSPS) is 26.2. The molecule has 0 saturated heterocycles. The Morgan fingerprint density at radius 1 is 1.27 bits per heavy atom. The average molecular weight is 301 g/mol. The molecule has 2 aliphatic rings. The van der Waals surface area contributed by atoms with Crippen molar-refractivity contribution in [3.05, 3.63) is 29.3 Å². The number of rotatable bonds is 6. The molecule has 0 aliphatic heterocycles. The molecule has 3 heteroatoms. The van der Waals surface area contributed by atoms with Crippen LogP contribution < -0.4 is 10.1 Å². The summed E-state index contributed by atoms with van der Waals surface area (Å²) in [7, 11) is 0. The molecule has 2 fully saturated rings. The van der Waals surface area contributed by atoms with E-state index in [2.05, 4.69) is 31.3 Å². The van der Waals surface area contributed by atoms with Crippen LogP contribution in [0.4, 0.5) is 0 Å². The summed E-state index contributed by atoms with van der Waals surface area (Å²) in [5.41, 5.74) is 2.39. The molecule has 120 valence electrons. The van der Waals surface area contributed by atoms with E-state index >= 15 is 0 Å². The molecule has 3 atom stereocenters. The van der Waals surface area contributed by atoms with Gasteiger partial charge in [0.2, 0.25) is 5.91 Å². The zero-order valence-electron chi connectivity index (χ0n) is 13.7. The minimum Gasteiger partial charge on any atom is -0.491 e. The highest BCUT2D eigenvalue weighted by atomic mass is 16.5. The van der Waals surface area contributed by atoms with Gasteiger partial charge in [0.25, 0.3) is 0 Å². The van der Waals surface area contributed by atoms with Crippen molar-refractivity contribution in [2.45, 2.75) is 46.0 Å². The van der Waals surface area contributed by atoms with Crippen LogP contribution in [0.15, 0.2) is 18.2 Å². The SMILES string of the molecule is Cc1ccc(OCCNC(=O)C[C@H]2C[C@@H]3CC[C@@H]2C3)c(C)c1. The minimum atomic E-state index is 0.196. The Balaban J connectivity index is 1.35. The lowest BCUT2D eigenvalue weighted by atomic mass is 9.86. The van der Waals surface area contributed by atoms with Crippen molar-refractivity contribution >= 4 is 5.91 Å². The second-order valence-electron chi connectivity index (χ2n) is 7.11. The van der Waals surface area contributed by atoms with Crippen LogP contribution in [0.2, 0.25) is 0 Å². The highest BCUT2D eigenvalue weighted by Gasteiger charge is 2.39. The summed E-state index contributed by atoms with van der Waals surface area (Å²) in [4.78, 5) is 12.0. The molecule has 1 amide bonds. The molecule has 0 spiro atoms. The van der Waals surface area contributed by atoms with E-state index in [1.54, 1.807) is 0 Å². The van der Waals surface area contributed by atoms with Crippen LogP contribution in [0.3, 0.4) is 0 Å². The fraction of sp³-hybridized carbons (Fsp3) is 0.632. The van der Waals surface area contributed by atoms with E-state index in [4.69, 9.17) is 4.74 Å². The monoisotopic (exact) mass is 301 g/mol. The smallest absolute Gasteiger partial charge is 0.220 e. The lowest BCUT2D eigenvalue weighted by Gasteiger charge is -2.20. The molecule has 0 unspecified atom stereocenters. The van der Waals surface area contributed by atoms with Gasteiger partial charge in [-0.2, -0.15) is 0 Å². The summed E-state index contributed by atoms with van der Waals surface area (Å²) >= 11 is 0. The van der Waals surface area contributed by atoms with E-state index < -0.39 is 0 Å². The first-order valence-electron chi connectivity index (χ1n) is 8.58. The van der Waals surface area contributed by atoms with Gasteiger partial charge < -0.3 is 10.1 Å². The van der Waals surface area contributed by atoms with Crippen LogP contribution in [-0.4, -0.2) is 19.1 Å². The summed E-state index contributed by atoms with van der Waals surface area (Å²) in [5, 5.41) is 3.01. The van der Waals surface area contributed by atoms with Crippen molar-refractivity contribution in [2.24, 2.45) is 17.8 Å². The Bertz CT molecular complexity index is 540. The molecule has 3 rings (SSSR count). The van der Waals surface area contributed by atoms with Gasteiger partial charge in [-0.3, -0.25) is 4.79 Å². The topological polar surface area (TPSA) is 38.3 Å². The van der Waals surface area contributed by atoms with Crippen LogP contribution in [0, 0.1) is 31.6 Å². The van der Waals surface area contributed by atoms with Crippen molar-refractivity contribution < 1.29 is 9.53 Å². The second kappa shape index (κ2) is 6.72. The number of fused-ring (bicyclic) bond motifs is 2. The third kappa shape index (κ3) is 3.63. The number of benzene rings is 1. The van der Waals surface area contributed by atoms with Gasteiger partial charge in [0.05, 0.1) is 6.54 Å². The van der Waals surface area contributed by atoms with E-state index in [9.17, 15) is 4.79 Å². The highest BCUT2D eigenvalue weighted by Crippen LogP contribution is 2.49. The Hall–Kier alpha value is -1.51. The third-order valence-electron chi connectivity index (χ3n) is 5.34. The van der Waals surface area contributed by atoms with Crippen LogP contribution in [0.5, 0.6) is 5.75 Å². The van der Waals surface area contributed by atoms with Crippen molar-refractivity contribution in [3.8, 4) is 5.75 Å². The van der Waals surface area contributed by atoms with Crippen LogP contribution in [0.25, 0.3) is 0 Å². The molecule has 2 aliphatic carbocycles. The summed E-state index contributed by atoms with van der Waals surface area (Å²) in [6.45, 7) is 5.25. The first-order valence-corrected chi connectivity index (χ1v) is 8.58. The molecule has 1 aromatic carbocycles. The number of aryl methyl sites for hydroxylation is 2. The number of hydrogen-bond donors (Lipinski definition) is 1. The lowest BCUT2D eigenvalue weighted by molar-refractivity contribution is -0.122. The van der Waals surface area contributed by atoms with Crippen LogP contribution >= 0.6 is 0 Å². The molecule has 1 N–H and O–H groups in total. The van der Waals surface area contributed by atoms with Gasteiger partial charge in [-0.25, -0.2) is 0 Å². The molecule has 1 aromatic rings. The molecule has 0 aromatic heterocycles. The van der Waals surface area contributed by atoms with Crippen molar-refractivity contribution in [3.63, 3.8) is 0 Å². The van der Waals surface area contributed by atoms with E-state index in [0.717, 1.165) is 23.1 Å². The number of hydrogen-bond acceptors (Lipinski definition) is 2. The molecule has 2 bridgehead atoms. The fourth-order valence-corrected chi connectivity index (χ4v) is 4.25. The van der Waals surface area contributed by atoms with Gasteiger partial charge in [0.1, 0.15) is 12.4 Å². The van der Waals surface area contributed by atoms with Crippen molar-refractivity contribution in [1.29, 1.82) is 0 Å². The summed E-state index contributed by atoms with van der Waals surface area (Å²) in [5.74, 6) is 3.48. The second-order valence-corrected chi connectivity index (χ2v) is 7.11. The van der Waals surface area contributed by atoms with E-state index in [1.807, 2.05) is 6.07 Å². The zero-order valence-corrected chi connectivity index (χ0v) is 13.7. The van der Waals surface area contributed by atoms with Crippen LogP contribution in [-0.2, 0) is 4.79 Å². The fourth-order valence-electron chi connectivity index (χ4n) is 4.25. The van der Waals surface area contributed by atoms with Crippen molar-refractivity contribution in [2.75, 3.05) is 13.2 Å². The molecule has 0 radical (unpaired) electrons. The summed E-state index contributed by atoms with van der Waals surface area (Å²) < 4.78 is 5.75. The quantitative estimate of drug-likeness (QED) is 0.815. The maximum Gasteiger partial charge on any atom is 0.220 e. The van der Waals surface area contributed by atoms with E-state index in [1.165, 1.54) is 31.2 Å². The van der Waals surface area contributed by atoms with Gasteiger partial charge in [0.15, 0.2) is 0 Å². The standard InChI is InChI=1S/C19H27NO2/c1-13-3-6-18(14(2)9-13)22-8-7-20-19(21)12-17-11-15-4-5-16(17)10-15/h3,6,9,15-17H,4-5,7-8,10-12H2,1-2H3,(H,20,21)/t15-,16-,17-/m1/s1. The number of carbonyl (C=O) groups excluding carboxylic acids is 1. The number of amides is 1. The first kappa shape index (κ1) is 15.4. The van der Waals surface area contributed by atoms with Crippen LogP contribution in [0.1, 0.15) is 43.2 Å². The minimum absolute atomic E-state index is 0.196. The van der Waals surface area contributed by atoms with Gasteiger partial charge in [0, 0.05) is 6.42 Å².